The molecule has 1 saturated heterocycles. The fraction of sp³-hybridized carbons (Fsp3) is 0.550. The van der Waals surface area contributed by atoms with Crippen LogP contribution in [-0.2, 0) is 11.2 Å². The highest BCUT2D eigenvalue weighted by atomic mass is 16.5. The maximum atomic E-state index is 12.5. The Morgan fingerprint density at radius 1 is 1.41 bits per heavy atom. The van der Waals surface area contributed by atoms with Crippen LogP contribution in [0.25, 0.3) is 11.4 Å². The molecule has 1 aromatic heterocycles. The van der Waals surface area contributed by atoms with E-state index in [0.29, 0.717) is 36.9 Å². The van der Waals surface area contributed by atoms with Crippen LogP contribution >= 0.6 is 0 Å². The number of amides is 1. The van der Waals surface area contributed by atoms with Gasteiger partial charge in [0.2, 0.25) is 17.6 Å². The molecule has 0 radical (unpaired) electrons. The predicted octanol–water partition coefficient (Wildman–Crippen LogP) is 2.65. The van der Waals surface area contributed by atoms with Crippen LogP contribution in [0.5, 0.6) is 5.75 Å². The predicted molar refractivity (Wildman–Crippen MR) is 102 cm³/mol. The minimum absolute atomic E-state index is 0.135. The zero-order valence-electron chi connectivity index (χ0n) is 16.1. The summed E-state index contributed by atoms with van der Waals surface area (Å²) in [6, 6.07) is 7.64. The molecule has 7 heteroatoms. The first kappa shape index (κ1) is 19.4. The first-order valence-electron chi connectivity index (χ1n) is 9.57. The Bertz CT molecular complexity index is 742. The van der Waals surface area contributed by atoms with Gasteiger partial charge < -0.3 is 19.9 Å². The number of benzene rings is 1. The first-order valence-corrected chi connectivity index (χ1v) is 9.57. The summed E-state index contributed by atoms with van der Waals surface area (Å²) >= 11 is 0. The Kier molecular flexibility index (Phi) is 6.45. The standard InChI is InChI=1S/C20H28N4O3/c1-14(21)16-5-4-12-24(13-16)19(25)7-3-6-18-22-20(23-27-18)15-8-10-17(26-2)11-9-15/h8-11,14,16H,3-7,12-13,21H2,1-2H3. The summed E-state index contributed by atoms with van der Waals surface area (Å²) in [5.41, 5.74) is 6.87. The summed E-state index contributed by atoms with van der Waals surface area (Å²) < 4.78 is 10.5. The van der Waals surface area contributed by atoms with Crippen molar-refractivity contribution in [1.82, 2.24) is 15.0 Å². The number of methoxy groups -OCH3 is 1. The van der Waals surface area contributed by atoms with Crippen LogP contribution < -0.4 is 10.5 Å². The fourth-order valence-electron chi connectivity index (χ4n) is 3.43. The minimum Gasteiger partial charge on any atom is -0.497 e. The molecule has 1 aliphatic heterocycles. The van der Waals surface area contributed by atoms with Gasteiger partial charge in [0.15, 0.2) is 0 Å². The van der Waals surface area contributed by atoms with Crippen molar-refractivity contribution in [2.24, 2.45) is 11.7 Å². The van der Waals surface area contributed by atoms with Gasteiger partial charge in [0.25, 0.3) is 0 Å². The molecule has 0 spiro atoms. The Labute approximate surface area is 159 Å². The fourth-order valence-corrected chi connectivity index (χ4v) is 3.43. The molecule has 146 valence electrons. The number of hydrogen-bond acceptors (Lipinski definition) is 6. The lowest BCUT2D eigenvalue weighted by Gasteiger charge is -2.34. The smallest absolute Gasteiger partial charge is 0.226 e. The van der Waals surface area contributed by atoms with Crippen molar-refractivity contribution in [3.8, 4) is 17.1 Å². The van der Waals surface area contributed by atoms with Crippen LogP contribution in [0.3, 0.4) is 0 Å². The lowest BCUT2D eigenvalue weighted by molar-refractivity contribution is -0.133. The van der Waals surface area contributed by atoms with Crippen LogP contribution in [-0.4, -0.2) is 47.2 Å². The van der Waals surface area contributed by atoms with E-state index in [9.17, 15) is 4.79 Å². The Balaban J connectivity index is 1.48. The molecular formula is C20H28N4O3. The van der Waals surface area contributed by atoms with Gasteiger partial charge in [-0.25, -0.2) is 0 Å². The highest BCUT2D eigenvalue weighted by Crippen LogP contribution is 2.21. The quantitative estimate of drug-likeness (QED) is 0.803. The maximum absolute atomic E-state index is 12.5. The number of rotatable bonds is 7. The largest absolute Gasteiger partial charge is 0.497 e. The normalized spacial score (nSPS) is 18.3. The number of nitrogens with two attached hydrogens (primary N) is 1. The molecule has 3 rings (SSSR count). The number of carbonyl (C=O) groups excluding carboxylic acids is 1. The van der Waals surface area contributed by atoms with E-state index in [-0.39, 0.29) is 11.9 Å². The number of hydrogen-bond donors (Lipinski definition) is 1. The van der Waals surface area contributed by atoms with Gasteiger partial charge in [0.1, 0.15) is 5.75 Å². The molecule has 0 aliphatic carbocycles. The molecule has 1 fully saturated rings. The highest BCUT2D eigenvalue weighted by molar-refractivity contribution is 5.76. The van der Waals surface area contributed by atoms with Crippen molar-refractivity contribution in [2.75, 3.05) is 20.2 Å². The average molecular weight is 372 g/mol. The van der Waals surface area contributed by atoms with E-state index < -0.39 is 0 Å². The van der Waals surface area contributed by atoms with Gasteiger partial charge >= 0.3 is 0 Å². The summed E-state index contributed by atoms with van der Waals surface area (Å²) in [7, 11) is 1.63. The molecule has 1 aromatic carbocycles. The van der Waals surface area contributed by atoms with Crippen LogP contribution in [0.4, 0.5) is 0 Å². The zero-order valence-corrected chi connectivity index (χ0v) is 16.1. The molecule has 2 heterocycles. The van der Waals surface area contributed by atoms with E-state index in [1.165, 1.54) is 0 Å². The van der Waals surface area contributed by atoms with Gasteiger partial charge in [0.05, 0.1) is 7.11 Å². The third-order valence-electron chi connectivity index (χ3n) is 5.15. The molecule has 0 bridgehead atoms. The van der Waals surface area contributed by atoms with E-state index in [4.69, 9.17) is 15.0 Å². The molecule has 1 aliphatic rings. The second kappa shape index (κ2) is 8.99. The Hall–Kier alpha value is -2.41. The first-order chi connectivity index (χ1) is 13.1. The molecule has 2 N–H and O–H groups in total. The van der Waals surface area contributed by atoms with Crippen molar-refractivity contribution in [1.29, 1.82) is 0 Å². The van der Waals surface area contributed by atoms with Gasteiger partial charge in [0, 0.05) is 37.5 Å². The highest BCUT2D eigenvalue weighted by Gasteiger charge is 2.25. The second-order valence-corrected chi connectivity index (χ2v) is 7.19. The van der Waals surface area contributed by atoms with Crippen molar-refractivity contribution >= 4 is 5.91 Å². The number of likely N-dealkylation sites (tertiary alicyclic amines) is 1. The molecular weight excluding hydrogens is 344 g/mol. The number of nitrogens with zero attached hydrogens (tertiary/aromatic N) is 3. The zero-order chi connectivity index (χ0) is 19.2. The number of aryl methyl sites for hydroxylation is 1. The van der Waals surface area contributed by atoms with E-state index in [1.54, 1.807) is 7.11 Å². The van der Waals surface area contributed by atoms with E-state index >= 15 is 0 Å². The molecule has 0 saturated carbocycles. The van der Waals surface area contributed by atoms with Crippen molar-refractivity contribution in [3.63, 3.8) is 0 Å². The molecule has 1 amide bonds. The number of ether oxygens (including phenoxy) is 1. The van der Waals surface area contributed by atoms with Crippen molar-refractivity contribution in [2.45, 2.75) is 45.1 Å². The van der Waals surface area contributed by atoms with Gasteiger partial charge in [-0.15, -0.1) is 0 Å². The summed E-state index contributed by atoms with van der Waals surface area (Å²) in [5.74, 6) is 2.49. The maximum Gasteiger partial charge on any atom is 0.226 e. The molecule has 2 aromatic rings. The molecule has 27 heavy (non-hydrogen) atoms. The number of piperidine rings is 1. The number of carbonyl (C=O) groups is 1. The Morgan fingerprint density at radius 2 is 2.19 bits per heavy atom. The lowest BCUT2D eigenvalue weighted by Crippen LogP contribution is -2.45. The van der Waals surface area contributed by atoms with Gasteiger partial charge in [-0.05, 0) is 56.4 Å². The monoisotopic (exact) mass is 372 g/mol. The molecule has 2 unspecified atom stereocenters. The summed E-state index contributed by atoms with van der Waals surface area (Å²) in [6.07, 6.45) is 3.93. The lowest BCUT2D eigenvalue weighted by atomic mass is 9.92. The van der Waals surface area contributed by atoms with Crippen LogP contribution in [0.1, 0.15) is 38.5 Å². The van der Waals surface area contributed by atoms with Crippen LogP contribution in [0.2, 0.25) is 0 Å². The second-order valence-electron chi connectivity index (χ2n) is 7.19. The Morgan fingerprint density at radius 3 is 2.89 bits per heavy atom. The van der Waals surface area contributed by atoms with E-state index in [1.807, 2.05) is 36.1 Å². The van der Waals surface area contributed by atoms with Crippen molar-refractivity contribution < 1.29 is 14.1 Å². The third-order valence-corrected chi connectivity index (χ3v) is 5.15. The SMILES string of the molecule is COc1ccc(-c2noc(CCCC(=O)N3CCCC(C(C)N)C3)n2)cc1. The van der Waals surface area contributed by atoms with Crippen molar-refractivity contribution in [3.05, 3.63) is 30.2 Å². The summed E-state index contributed by atoms with van der Waals surface area (Å²) in [6.45, 7) is 3.64. The molecule has 7 nitrogen and oxygen atoms in total. The third kappa shape index (κ3) is 5.07. The van der Waals surface area contributed by atoms with E-state index in [2.05, 4.69) is 10.1 Å². The summed E-state index contributed by atoms with van der Waals surface area (Å²) in [4.78, 5) is 18.8. The van der Waals surface area contributed by atoms with Crippen LogP contribution in [0, 0.1) is 5.92 Å². The summed E-state index contributed by atoms with van der Waals surface area (Å²) in [5, 5.41) is 4.02. The van der Waals surface area contributed by atoms with Gasteiger partial charge in [-0.2, -0.15) is 4.98 Å². The number of aromatic nitrogens is 2. The molecule has 2 atom stereocenters. The minimum atomic E-state index is 0.135. The van der Waals surface area contributed by atoms with Crippen LogP contribution in [0.15, 0.2) is 28.8 Å². The van der Waals surface area contributed by atoms with Gasteiger partial charge in [-0.3, -0.25) is 4.79 Å². The van der Waals surface area contributed by atoms with Gasteiger partial charge in [-0.1, -0.05) is 5.16 Å². The topological polar surface area (TPSA) is 94.5 Å². The average Bonchev–Trinajstić information content (AvgIpc) is 3.17. The van der Waals surface area contributed by atoms with E-state index in [0.717, 1.165) is 37.2 Å².